The second kappa shape index (κ2) is 4.84. The van der Waals surface area contributed by atoms with Crippen LogP contribution in [0.3, 0.4) is 0 Å². The molecule has 0 aliphatic heterocycles. The number of carbonyl (C=O) groups excluding carboxylic acids is 1. The van der Waals surface area contributed by atoms with E-state index in [9.17, 15) is 4.79 Å². The first-order valence-corrected chi connectivity index (χ1v) is 5.63. The first-order valence-electron chi connectivity index (χ1n) is 5.63. The third-order valence-corrected chi connectivity index (χ3v) is 3.05. The van der Waals surface area contributed by atoms with Crippen molar-refractivity contribution in [3.05, 3.63) is 0 Å². The van der Waals surface area contributed by atoms with Crippen LogP contribution in [-0.4, -0.2) is 17.7 Å². The van der Waals surface area contributed by atoms with Gasteiger partial charge in [0.1, 0.15) is 5.60 Å². The zero-order valence-electron chi connectivity index (χ0n) is 9.66. The van der Waals surface area contributed by atoms with Crippen LogP contribution in [0.4, 0.5) is 4.79 Å². The second-order valence-electron chi connectivity index (χ2n) is 5.17. The molecule has 0 aromatic rings. The van der Waals surface area contributed by atoms with Crippen LogP contribution in [0.25, 0.3) is 0 Å². The molecule has 1 amide bonds. The summed E-state index contributed by atoms with van der Waals surface area (Å²) in [5, 5.41) is 0. The van der Waals surface area contributed by atoms with E-state index in [1.54, 1.807) is 0 Å². The maximum atomic E-state index is 10.7. The highest BCUT2D eigenvalue weighted by molar-refractivity contribution is 5.65. The summed E-state index contributed by atoms with van der Waals surface area (Å²) in [4.78, 5) is 10.7. The normalized spacial score (nSPS) is 27.4. The van der Waals surface area contributed by atoms with Crippen molar-refractivity contribution in [1.29, 1.82) is 0 Å². The van der Waals surface area contributed by atoms with Gasteiger partial charge in [-0.2, -0.15) is 0 Å². The number of hydrogen-bond acceptors (Lipinski definition) is 3. The van der Waals surface area contributed by atoms with Crippen molar-refractivity contribution >= 4 is 6.09 Å². The predicted octanol–water partition coefficient (Wildman–Crippen LogP) is 1.77. The van der Waals surface area contributed by atoms with Crippen LogP contribution in [0.1, 0.15) is 46.0 Å². The Labute approximate surface area is 91.3 Å². The van der Waals surface area contributed by atoms with Crippen molar-refractivity contribution in [1.82, 2.24) is 0 Å². The SMILES string of the molecule is CC(C)(CC1CCC(N)CC1)OC(N)=O. The fourth-order valence-corrected chi connectivity index (χ4v) is 2.40. The summed E-state index contributed by atoms with van der Waals surface area (Å²) in [7, 11) is 0. The molecule has 0 unspecified atom stereocenters. The third kappa shape index (κ3) is 4.51. The third-order valence-electron chi connectivity index (χ3n) is 3.05. The van der Waals surface area contributed by atoms with Crippen molar-refractivity contribution in [3.63, 3.8) is 0 Å². The first kappa shape index (κ1) is 12.3. The van der Waals surface area contributed by atoms with E-state index in [1.165, 1.54) is 0 Å². The van der Waals surface area contributed by atoms with Crippen LogP contribution >= 0.6 is 0 Å². The molecule has 1 aliphatic rings. The van der Waals surface area contributed by atoms with Gasteiger partial charge in [-0.3, -0.25) is 0 Å². The van der Waals surface area contributed by atoms with Crippen molar-refractivity contribution in [2.45, 2.75) is 57.6 Å². The maximum Gasteiger partial charge on any atom is 0.405 e. The summed E-state index contributed by atoms with van der Waals surface area (Å²) >= 11 is 0. The Kier molecular flexibility index (Phi) is 3.97. The number of hydrogen-bond donors (Lipinski definition) is 2. The monoisotopic (exact) mass is 214 g/mol. The average Bonchev–Trinajstić information content (AvgIpc) is 2.06. The van der Waals surface area contributed by atoms with Gasteiger partial charge in [-0.05, 0) is 51.9 Å². The van der Waals surface area contributed by atoms with Crippen LogP contribution in [0.2, 0.25) is 0 Å². The number of amides is 1. The Morgan fingerprint density at radius 3 is 2.33 bits per heavy atom. The molecule has 1 saturated carbocycles. The molecular formula is C11H22N2O2. The van der Waals surface area contributed by atoms with Crippen molar-refractivity contribution in [2.24, 2.45) is 17.4 Å². The minimum absolute atomic E-state index is 0.362. The number of carbonyl (C=O) groups is 1. The predicted molar refractivity (Wildman–Crippen MR) is 59.3 cm³/mol. The van der Waals surface area contributed by atoms with E-state index in [1.807, 2.05) is 13.8 Å². The number of ether oxygens (including phenoxy) is 1. The molecule has 1 fully saturated rings. The molecule has 0 bridgehead atoms. The van der Waals surface area contributed by atoms with Gasteiger partial charge >= 0.3 is 6.09 Å². The molecule has 1 rings (SSSR count). The molecule has 0 radical (unpaired) electrons. The van der Waals surface area contributed by atoms with Gasteiger partial charge in [-0.15, -0.1) is 0 Å². The Balaban J connectivity index is 2.36. The van der Waals surface area contributed by atoms with Gasteiger partial charge in [0, 0.05) is 6.04 Å². The minimum Gasteiger partial charge on any atom is -0.444 e. The Bertz CT molecular complexity index is 221. The van der Waals surface area contributed by atoms with Crippen LogP contribution in [0.15, 0.2) is 0 Å². The van der Waals surface area contributed by atoms with Crippen LogP contribution in [0.5, 0.6) is 0 Å². The van der Waals surface area contributed by atoms with E-state index in [4.69, 9.17) is 16.2 Å². The number of rotatable bonds is 3. The molecule has 0 heterocycles. The summed E-state index contributed by atoms with van der Waals surface area (Å²) in [6, 6.07) is 0.362. The van der Waals surface area contributed by atoms with Crippen molar-refractivity contribution < 1.29 is 9.53 Å². The van der Waals surface area contributed by atoms with E-state index < -0.39 is 11.7 Å². The van der Waals surface area contributed by atoms with Crippen molar-refractivity contribution in [2.75, 3.05) is 0 Å². The summed E-state index contributed by atoms with van der Waals surface area (Å²) in [6.07, 6.45) is 4.61. The summed E-state index contributed by atoms with van der Waals surface area (Å²) < 4.78 is 5.07. The van der Waals surface area contributed by atoms with Gasteiger partial charge in [0.05, 0.1) is 0 Å². The minimum atomic E-state index is -0.687. The molecule has 0 spiro atoms. The molecule has 0 atom stereocenters. The lowest BCUT2D eigenvalue weighted by Gasteiger charge is -2.32. The van der Waals surface area contributed by atoms with Gasteiger partial charge in [0.2, 0.25) is 0 Å². The number of primary amides is 1. The lowest BCUT2D eigenvalue weighted by atomic mass is 9.80. The highest BCUT2D eigenvalue weighted by Crippen LogP contribution is 2.31. The highest BCUT2D eigenvalue weighted by Gasteiger charge is 2.28. The molecule has 0 aromatic heterocycles. The van der Waals surface area contributed by atoms with Crippen LogP contribution in [0, 0.1) is 5.92 Å². The molecule has 0 saturated heterocycles. The smallest absolute Gasteiger partial charge is 0.405 e. The Morgan fingerprint density at radius 2 is 1.87 bits per heavy atom. The molecule has 4 heteroatoms. The van der Waals surface area contributed by atoms with Crippen LogP contribution in [-0.2, 0) is 4.74 Å². The van der Waals surface area contributed by atoms with Crippen LogP contribution < -0.4 is 11.5 Å². The van der Waals surface area contributed by atoms with E-state index in [-0.39, 0.29) is 0 Å². The fourth-order valence-electron chi connectivity index (χ4n) is 2.40. The Morgan fingerprint density at radius 1 is 1.33 bits per heavy atom. The molecule has 0 aromatic carbocycles. The Hall–Kier alpha value is -0.770. The summed E-state index contributed by atoms with van der Waals surface area (Å²) in [5.74, 6) is 0.610. The molecule has 88 valence electrons. The quantitative estimate of drug-likeness (QED) is 0.751. The molecule has 4 N–H and O–H groups in total. The average molecular weight is 214 g/mol. The highest BCUT2D eigenvalue weighted by atomic mass is 16.6. The molecule has 1 aliphatic carbocycles. The van der Waals surface area contributed by atoms with Gasteiger partial charge in [-0.1, -0.05) is 0 Å². The number of nitrogens with two attached hydrogens (primary N) is 2. The fraction of sp³-hybridized carbons (Fsp3) is 0.909. The second-order valence-corrected chi connectivity index (χ2v) is 5.17. The summed E-state index contributed by atoms with van der Waals surface area (Å²) in [5.41, 5.74) is 10.4. The first-order chi connectivity index (χ1) is 6.89. The van der Waals surface area contributed by atoms with Gasteiger partial charge in [0.25, 0.3) is 0 Å². The zero-order chi connectivity index (χ0) is 11.5. The lowest BCUT2D eigenvalue weighted by molar-refractivity contribution is 0.0213. The molecule has 15 heavy (non-hydrogen) atoms. The van der Waals surface area contributed by atoms with E-state index in [0.717, 1.165) is 32.1 Å². The van der Waals surface area contributed by atoms with Crippen molar-refractivity contribution in [3.8, 4) is 0 Å². The topological polar surface area (TPSA) is 78.3 Å². The maximum absolute atomic E-state index is 10.7. The van der Waals surface area contributed by atoms with E-state index in [0.29, 0.717) is 12.0 Å². The largest absolute Gasteiger partial charge is 0.444 e. The van der Waals surface area contributed by atoms with E-state index >= 15 is 0 Å². The molecule has 4 nitrogen and oxygen atoms in total. The van der Waals surface area contributed by atoms with Gasteiger partial charge in [-0.25, -0.2) is 4.79 Å². The molecular weight excluding hydrogens is 192 g/mol. The standard InChI is InChI=1S/C11H22N2O2/c1-11(2,15-10(13)14)7-8-3-5-9(12)6-4-8/h8-9H,3-7,12H2,1-2H3,(H2,13,14). The lowest BCUT2D eigenvalue weighted by Crippen LogP contribution is -2.35. The van der Waals surface area contributed by atoms with Gasteiger partial charge < -0.3 is 16.2 Å². The zero-order valence-corrected chi connectivity index (χ0v) is 9.66. The van der Waals surface area contributed by atoms with Gasteiger partial charge in [0.15, 0.2) is 0 Å². The van der Waals surface area contributed by atoms with E-state index in [2.05, 4.69) is 0 Å². The summed E-state index contributed by atoms with van der Waals surface area (Å²) in [6.45, 7) is 3.82.